The minimum absolute atomic E-state index is 0. The molecule has 0 aromatic carbocycles. The van der Waals surface area contributed by atoms with Gasteiger partial charge in [0.1, 0.15) is 0 Å². The maximum Gasteiger partial charge on any atom is 0.0600 e. The lowest BCUT2D eigenvalue weighted by Crippen LogP contribution is -2.33. The van der Waals surface area contributed by atoms with Crippen molar-refractivity contribution in [2.45, 2.75) is 18.9 Å². The van der Waals surface area contributed by atoms with Gasteiger partial charge < -0.3 is 15.0 Å². The summed E-state index contributed by atoms with van der Waals surface area (Å²) in [4.78, 5) is 2.15. The molecule has 0 bridgehead atoms. The van der Waals surface area contributed by atoms with Gasteiger partial charge in [-0.1, -0.05) is 0 Å². The third-order valence-electron chi connectivity index (χ3n) is 2.18. The second-order valence-corrected chi connectivity index (χ2v) is 3.62. The zero-order chi connectivity index (χ0) is 8.81. The molecule has 14 heavy (non-hydrogen) atoms. The zero-order valence-corrected chi connectivity index (χ0v) is 10.6. The summed E-state index contributed by atoms with van der Waals surface area (Å²) in [6.45, 7) is 4.14. The Kier molecular flexibility index (Phi) is 12.0. The van der Waals surface area contributed by atoms with Crippen LogP contribution in [0.2, 0.25) is 0 Å². The number of hydrogen-bond donors (Lipinski definition) is 1. The monoisotopic (exact) mass is 244 g/mol. The van der Waals surface area contributed by atoms with Gasteiger partial charge in [-0.2, -0.15) is 0 Å². The fourth-order valence-corrected chi connectivity index (χ4v) is 1.36. The van der Waals surface area contributed by atoms with Gasteiger partial charge in [-0.05, 0) is 40.0 Å². The highest BCUT2D eigenvalue weighted by molar-refractivity contribution is 5.85. The highest BCUT2D eigenvalue weighted by atomic mass is 35.5. The minimum atomic E-state index is 0. The highest BCUT2D eigenvalue weighted by Gasteiger charge is 2.12. The molecule has 1 aliphatic heterocycles. The van der Waals surface area contributed by atoms with Gasteiger partial charge in [-0.25, -0.2) is 0 Å². The lowest BCUT2D eigenvalue weighted by Gasteiger charge is -2.23. The van der Waals surface area contributed by atoms with Crippen molar-refractivity contribution in [3.63, 3.8) is 0 Å². The van der Waals surface area contributed by atoms with E-state index in [9.17, 15) is 0 Å². The van der Waals surface area contributed by atoms with Crippen molar-refractivity contribution in [3.05, 3.63) is 0 Å². The maximum absolute atomic E-state index is 5.71. The van der Waals surface area contributed by atoms with Crippen molar-refractivity contribution < 1.29 is 4.74 Å². The largest absolute Gasteiger partial charge is 0.377 e. The molecule has 1 N–H and O–H groups in total. The molecule has 3 nitrogen and oxygen atoms in total. The van der Waals surface area contributed by atoms with Crippen LogP contribution in [0.1, 0.15) is 12.8 Å². The van der Waals surface area contributed by atoms with Crippen molar-refractivity contribution in [2.24, 2.45) is 0 Å². The quantitative estimate of drug-likeness (QED) is 0.804. The molecule has 1 heterocycles. The van der Waals surface area contributed by atoms with Crippen molar-refractivity contribution in [1.29, 1.82) is 0 Å². The Bertz CT molecular complexity index is 119. The second kappa shape index (κ2) is 9.99. The summed E-state index contributed by atoms with van der Waals surface area (Å²) >= 11 is 0. The Balaban J connectivity index is 0. The molecule has 0 unspecified atom stereocenters. The number of halogens is 2. The van der Waals surface area contributed by atoms with E-state index < -0.39 is 0 Å². The maximum atomic E-state index is 5.71. The van der Waals surface area contributed by atoms with Gasteiger partial charge in [0.25, 0.3) is 0 Å². The van der Waals surface area contributed by atoms with Gasteiger partial charge in [0.15, 0.2) is 0 Å². The van der Waals surface area contributed by atoms with E-state index in [0.717, 1.165) is 26.2 Å². The summed E-state index contributed by atoms with van der Waals surface area (Å²) in [5.74, 6) is 0. The molecular formula is C9H22Cl2N2O. The fourth-order valence-electron chi connectivity index (χ4n) is 1.36. The molecule has 0 amide bonds. The van der Waals surface area contributed by atoms with Crippen LogP contribution >= 0.6 is 24.8 Å². The molecule has 1 fully saturated rings. The first kappa shape index (κ1) is 16.9. The smallest absolute Gasteiger partial charge is 0.0600 e. The van der Waals surface area contributed by atoms with Gasteiger partial charge >= 0.3 is 0 Å². The molecule has 0 spiro atoms. The van der Waals surface area contributed by atoms with Gasteiger partial charge in [0.2, 0.25) is 0 Å². The van der Waals surface area contributed by atoms with E-state index in [0.29, 0.717) is 6.10 Å². The van der Waals surface area contributed by atoms with E-state index in [-0.39, 0.29) is 24.8 Å². The van der Waals surface area contributed by atoms with Gasteiger partial charge in [-0.3, -0.25) is 0 Å². The molecule has 88 valence electrons. The van der Waals surface area contributed by atoms with E-state index in [2.05, 4.69) is 24.3 Å². The Morgan fingerprint density at radius 2 is 1.79 bits per heavy atom. The van der Waals surface area contributed by atoms with Gasteiger partial charge in [-0.15, -0.1) is 24.8 Å². The molecule has 5 heteroatoms. The van der Waals surface area contributed by atoms with Crippen molar-refractivity contribution in [1.82, 2.24) is 10.2 Å². The summed E-state index contributed by atoms with van der Waals surface area (Å²) in [5, 5.41) is 3.32. The number of nitrogens with one attached hydrogen (secondary N) is 1. The Labute approximate surface area is 99.4 Å². The summed E-state index contributed by atoms with van der Waals surface area (Å²) < 4.78 is 5.71. The Morgan fingerprint density at radius 1 is 1.21 bits per heavy atom. The topological polar surface area (TPSA) is 24.5 Å². The van der Waals surface area contributed by atoms with E-state index in [1.165, 1.54) is 12.8 Å². The summed E-state index contributed by atoms with van der Waals surface area (Å²) in [6.07, 6.45) is 2.85. The first-order valence-corrected chi connectivity index (χ1v) is 4.76. The third kappa shape index (κ3) is 7.83. The van der Waals surface area contributed by atoms with Gasteiger partial charge in [0.05, 0.1) is 12.7 Å². The van der Waals surface area contributed by atoms with E-state index in [4.69, 9.17) is 4.74 Å². The minimum Gasteiger partial charge on any atom is -0.377 e. The van der Waals surface area contributed by atoms with Gasteiger partial charge in [0, 0.05) is 6.54 Å². The Morgan fingerprint density at radius 3 is 2.29 bits per heavy atom. The number of piperidine rings is 1. The van der Waals surface area contributed by atoms with Crippen LogP contribution in [0.4, 0.5) is 0 Å². The first-order valence-electron chi connectivity index (χ1n) is 4.76. The summed E-state index contributed by atoms with van der Waals surface area (Å²) in [7, 11) is 4.15. The molecule has 1 rings (SSSR count). The predicted octanol–water partition coefficient (Wildman–Crippen LogP) is 1.16. The average molecular weight is 245 g/mol. The lowest BCUT2D eigenvalue weighted by atomic mass is 10.1. The molecule has 0 atom stereocenters. The molecule has 0 aromatic heterocycles. The number of hydrogen-bond acceptors (Lipinski definition) is 3. The predicted molar refractivity (Wildman–Crippen MR) is 64.9 cm³/mol. The highest BCUT2D eigenvalue weighted by Crippen LogP contribution is 2.06. The molecule has 0 aromatic rings. The standard InChI is InChI=1S/C9H20N2O.2ClH/c1-11(2)7-8-12-9-3-5-10-6-4-9;;/h9-10H,3-8H2,1-2H3;2*1H. The van der Waals surface area contributed by atoms with Crippen LogP contribution in [0.15, 0.2) is 0 Å². The van der Waals surface area contributed by atoms with Crippen LogP contribution in [0, 0.1) is 0 Å². The average Bonchev–Trinajstić information content (AvgIpc) is 2.05. The van der Waals surface area contributed by atoms with Crippen LogP contribution in [0.3, 0.4) is 0 Å². The molecule has 0 saturated carbocycles. The molecule has 0 radical (unpaired) electrons. The van der Waals surface area contributed by atoms with E-state index >= 15 is 0 Å². The van der Waals surface area contributed by atoms with Crippen LogP contribution in [-0.4, -0.2) is 51.3 Å². The molecular weight excluding hydrogens is 223 g/mol. The van der Waals surface area contributed by atoms with E-state index in [1.54, 1.807) is 0 Å². The molecule has 0 aliphatic carbocycles. The summed E-state index contributed by atoms with van der Waals surface area (Å²) in [5.41, 5.74) is 0. The van der Waals surface area contributed by atoms with Crippen molar-refractivity contribution in [3.8, 4) is 0 Å². The zero-order valence-electron chi connectivity index (χ0n) is 8.99. The number of likely N-dealkylation sites (N-methyl/N-ethyl adjacent to an activating group) is 1. The van der Waals surface area contributed by atoms with Crippen molar-refractivity contribution >= 4 is 24.8 Å². The second-order valence-electron chi connectivity index (χ2n) is 3.62. The SMILES string of the molecule is CN(C)CCOC1CCNCC1.Cl.Cl. The third-order valence-corrected chi connectivity index (χ3v) is 2.18. The van der Waals surface area contributed by atoms with Crippen LogP contribution in [0.25, 0.3) is 0 Å². The normalized spacial score (nSPS) is 17.4. The molecule has 1 aliphatic rings. The lowest BCUT2D eigenvalue weighted by molar-refractivity contribution is 0.0257. The Hall–Kier alpha value is 0.460. The van der Waals surface area contributed by atoms with E-state index in [1.807, 2.05) is 0 Å². The number of nitrogens with zero attached hydrogens (tertiary/aromatic N) is 1. The van der Waals surface area contributed by atoms with Crippen molar-refractivity contribution in [2.75, 3.05) is 40.3 Å². The number of ether oxygens (including phenoxy) is 1. The first-order chi connectivity index (χ1) is 5.79. The summed E-state index contributed by atoms with van der Waals surface area (Å²) in [6, 6.07) is 0. The molecule has 1 saturated heterocycles. The van der Waals surface area contributed by atoms with Crippen LogP contribution in [0.5, 0.6) is 0 Å². The van der Waals surface area contributed by atoms with Crippen LogP contribution < -0.4 is 5.32 Å². The number of rotatable bonds is 4. The van der Waals surface area contributed by atoms with Crippen LogP contribution in [-0.2, 0) is 4.74 Å². The fraction of sp³-hybridized carbons (Fsp3) is 1.00.